The smallest absolute Gasteiger partial charge is 0.118 e. The van der Waals surface area contributed by atoms with E-state index in [9.17, 15) is 0 Å². The summed E-state index contributed by atoms with van der Waals surface area (Å²) < 4.78 is 10.7. The maximum Gasteiger partial charge on any atom is 0.118 e. The summed E-state index contributed by atoms with van der Waals surface area (Å²) in [6.45, 7) is 0.808. The first kappa shape index (κ1) is 13.0. The molecule has 1 aliphatic heterocycles. The van der Waals surface area contributed by atoms with Crippen LogP contribution in [0.2, 0.25) is 0 Å². The summed E-state index contributed by atoms with van der Waals surface area (Å²) >= 11 is 0. The van der Waals surface area contributed by atoms with Crippen LogP contribution in [0.3, 0.4) is 0 Å². The van der Waals surface area contributed by atoms with Gasteiger partial charge in [-0.15, -0.1) is 0 Å². The Labute approximate surface area is 109 Å². The number of allylic oxidation sites excluding steroid dienone is 1. The lowest BCUT2D eigenvalue weighted by Crippen LogP contribution is -2.26. The van der Waals surface area contributed by atoms with Gasteiger partial charge in [0.05, 0.1) is 19.8 Å². The van der Waals surface area contributed by atoms with Crippen molar-refractivity contribution in [1.82, 2.24) is 0 Å². The SMILES string of the molecule is COc1ccc(CCC(N)C2=CCCCO2)cc1. The van der Waals surface area contributed by atoms with Gasteiger partial charge in [-0.2, -0.15) is 0 Å². The highest BCUT2D eigenvalue weighted by molar-refractivity contribution is 5.27. The van der Waals surface area contributed by atoms with E-state index >= 15 is 0 Å². The van der Waals surface area contributed by atoms with Crippen molar-refractivity contribution in [2.45, 2.75) is 31.7 Å². The van der Waals surface area contributed by atoms with Crippen LogP contribution in [-0.4, -0.2) is 19.8 Å². The first-order chi connectivity index (χ1) is 8.79. The zero-order valence-corrected chi connectivity index (χ0v) is 10.9. The van der Waals surface area contributed by atoms with Gasteiger partial charge < -0.3 is 15.2 Å². The first-order valence-electron chi connectivity index (χ1n) is 6.51. The van der Waals surface area contributed by atoms with Crippen LogP contribution < -0.4 is 10.5 Å². The molecule has 1 aliphatic rings. The van der Waals surface area contributed by atoms with E-state index in [1.807, 2.05) is 12.1 Å². The Bertz CT molecular complexity index is 397. The van der Waals surface area contributed by atoms with Crippen LogP contribution in [0.25, 0.3) is 0 Å². The van der Waals surface area contributed by atoms with Crippen LogP contribution in [0.5, 0.6) is 5.75 Å². The second kappa shape index (κ2) is 6.45. The Balaban J connectivity index is 1.84. The van der Waals surface area contributed by atoms with Gasteiger partial charge in [0, 0.05) is 0 Å². The van der Waals surface area contributed by atoms with Gasteiger partial charge in [-0.05, 0) is 49.5 Å². The van der Waals surface area contributed by atoms with Gasteiger partial charge in [-0.3, -0.25) is 0 Å². The van der Waals surface area contributed by atoms with E-state index in [0.29, 0.717) is 0 Å². The van der Waals surface area contributed by atoms with Gasteiger partial charge in [0.1, 0.15) is 11.5 Å². The quantitative estimate of drug-likeness (QED) is 0.870. The molecule has 18 heavy (non-hydrogen) atoms. The molecule has 1 atom stereocenters. The highest BCUT2D eigenvalue weighted by atomic mass is 16.5. The third-order valence-corrected chi connectivity index (χ3v) is 3.23. The molecular formula is C15H21NO2. The Hall–Kier alpha value is -1.48. The van der Waals surface area contributed by atoms with E-state index in [1.165, 1.54) is 5.56 Å². The maximum absolute atomic E-state index is 6.13. The number of aryl methyl sites for hydroxylation is 1. The Morgan fingerprint density at radius 3 is 2.72 bits per heavy atom. The Morgan fingerprint density at radius 1 is 1.33 bits per heavy atom. The minimum Gasteiger partial charge on any atom is -0.497 e. The molecule has 0 saturated carbocycles. The summed E-state index contributed by atoms with van der Waals surface area (Å²) in [5, 5.41) is 0. The zero-order chi connectivity index (χ0) is 12.8. The number of benzene rings is 1. The Kier molecular flexibility index (Phi) is 4.65. The minimum atomic E-state index is 0.0207. The molecule has 0 fully saturated rings. The van der Waals surface area contributed by atoms with Gasteiger partial charge >= 0.3 is 0 Å². The number of rotatable bonds is 5. The molecule has 1 aromatic carbocycles. The molecule has 1 heterocycles. The van der Waals surface area contributed by atoms with Gasteiger partial charge in [0.2, 0.25) is 0 Å². The van der Waals surface area contributed by atoms with Crippen molar-refractivity contribution in [2.75, 3.05) is 13.7 Å². The van der Waals surface area contributed by atoms with Crippen LogP contribution in [0.1, 0.15) is 24.8 Å². The van der Waals surface area contributed by atoms with Crippen LogP contribution in [0, 0.1) is 0 Å². The van der Waals surface area contributed by atoms with E-state index in [2.05, 4.69) is 18.2 Å². The molecule has 0 amide bonds. The van der Waals surface area contributed by atoms with E-state index in [1.54, 1.807) is 7.11 Å². The van der Waals surface area contributed by atoms with Gasteiger partial charge in [-0.1, -0.05) is 12.1 Å². The second-order valence-electron chi connectivity index (χ2n) is 4.59. The molecule has 98 valence electrons. The summed E-state index contributed by atoms with van der Waals surface area (Å²) in [5.74, 6) is 1.86. The van der Waals surface area contributed by atoms with Crippen molar-refractivity contribution in [3.8, 4) is 5.75 Å². The number of hydrogen-bond acceptors (Lipinski definition) is 3. The van der Waals surface area contributed by atoms with Crippen molar-refractivity contribution in [1.29, 1.82) is 0 Å². The summed E-state index contributed by atoms with van der Waals surface area (Å²) in [6, 6.07) is 8.16. The molecule has 3 heteroatoms. The summed E-state index contributed by atoms with van der Waals surface area (Å²) in [7, 11) is 1.68. The van der Waals surface area contributed by atoms with E-state index in [-0.39, 0.29) is 6.04 Å². The molecular weight excluding hydrogens is 226 g/mol. The van der Waals surface area contributed by atoms with Crippen LogP contribution >= 0.6 is 0 Å². The third kappa shape index (κ3) is 3.50. The average Bonchev–Trinajstić information content (AvgIpc) is 2.46. The molecule has 0 saturated heterocycles. The topological polar surface area (TPSA) is 44.5 Å². The zero-order valence-electron chi connectivity index (χ0n) is 10.9. The highest BCUT2D eigenvalue weighted by Crippen LogP contribution is 2.17. The largest absolute Gasteiger partial charge is 0.497 e. The van der Waals surface area contributed by atoms with E-state index < -0.39 is 0 Å². The highest BCUT2D eigenvalue weighted by Gasteiger charge is 2.13. The summed E-state index contributed by atoms with van der Waals surface area (Å²) in [4.78, 5) is 0. The molecule has 2 N–H and O–H groups in total. The minimum absolute atomic E-state index is 0.0207. The fourth-order valence-corrected chi connectivity index (χ4v) is 2.09. The lowest BCUT2D eigenvalue weighted by atomic mass is 10.0. The normalized spacial score (nSPS) is 16.7. The molecule has 3 nitrogen and oxygen atoms in total. The molecule has 0 spiro atoms. The van der Waals surface area contributed by atoms with Crippen LogP contribution in [0.4, 0.5) is 0 Å². The standard InChI is InChI=1S/C15H21NO2/c1-17-13-8-5-12(6-9-13)7-10-14(16)15-4-2-3-11-18-15/h4-6,8-9,14H,2-3,7,10-11,16H2,1H3. The number of hydrogen-bond donors (Lipinski definition) is 1. The van der Waals surface area contributed by atoms with Crippen molar-refractivity contribution >= 4 is 0 Å². The fraction of sp³-hybridized carbons (Fsp3) is 0.467. The predicted molar refractivity (Wildman–Crippen MR) is 72.6 cm³/mol. The van der Waals surface area contributed by atoms with Gasteiger partial charge in [-0.25, -0.2) is 0 Å². The van der Waals surface area contributed by atoms with E-state index in [4.69, 9.17) is 15.2 Å². The maximum atomic E-state index is 6.13. The lowest BCUT2D eigenvalue weighted by molar-refractivity contribution is 0.173. The summed E-state index contributed by atoms with van der Waals surface area (Å²) in [5.41, 5.74) is 7.41. The number of nitrogens with two attached hydrogens (primary N) is 1. The predicted octanol–water partition coefficient (Wildman–Crippen LogP) is 2.65. The fourth-order valence-electron chi connectivity index (χ4n) is 2.09. The van der Waals surface area contributed by atoms with Crippen molar-refractivity contribution in [3.63, 3.8) is 0 Å². The van der Waals surface area contributed by atoms with Crippen LogP contribution in [-0.2, 0) is 11.2 Å². The van der Waals surface area contributed by atoms with Gasteiger partial charge in [0.15, 0.2) is 0 Å². The average molecular weight is 247 g/mol. The van der Waals surface area contributed by atoms with Gasteiger partial charge in [0.25, 0.3) is 0 Å². The molecule has 2 rings (SSSR count). The monoisotopic (exact) mass is 247 g/mol. The molecule has 0 bridgehead atoms. The third-order valence-electron chi connectivity index (χ3n) is 3.23. The molecule has 1 aromatic rings. The summed E-state index contributed by atoms with van der Waals surface area (Å²) in [6.07, 6.45) is 6.20. The molecule has 0 aromatic heterocycles. The van der Waals surface area contributed by atoms with Crippen molar-refractivity contribution < 1.29 is 9.47 Å². The Morgan fingerprint density at radius 2 is 2.11 bits per heavy atom. The van der Waals surface area contributed by atoms with E-state index in [0.717, 1.165) is 43.8 Å². The first-order valence-corrected chi connectivity index (χ1v) is 6.51. The molecule has 0 aliphatic carbocycles. The van der Waals surface area contributed by atoms with Crippen molar-refractivity contribution in [2.24, 2.45) is 5.73 Å². The number of ether oxygens (including phenoxy) is 2. The lowest BCUT2D eigenvalue weighted by Gasteiger charge is -2.20. The van der Waals surface area contributed by atoms with Crippen molar-refractivity contribution in [3.05, 3.63) is 41.7 Å². The molecule has 1 unspecified atom stereocenters. The second-order valence-corrected chi connectivity index (χ2v) is 4.59. The van der Waals surface area contributed by atoms with Crippen LogP contribution in [0.15, 0.2) is 36.1 Å². The number of methoxy groups -OCH3 is 1. The molecule has 0 radical (unpaired) electrons.